The molecule has 0 fully saturated rings. The third-order valence-corrected chi connectivity index (χ3v) is 3.75. The molecular weight excluding hydrogens is 252 g/mol. The maximum absolute atomic E-state index is 3.88. The Morgan fingerprint density at radius 1 is 0.619 bits per heavy atom. The lowest BCUT2D eigenvalue weighted by molar-refractivity contribution is 0.977. The molecule has 102 valence electrons. The normalized spacial score (nSPS) is 10.5. The maximum atomic E-state index is 3.88. The van der Waals surface area contributed by atoms with Gasteiger partial charge in [-0.25, -0.2) is 0 Å². The first kappa shape index (κ1) is 13.4. The van der Waals surface area contributed by atoms with Crippen LogP contribution in [0.1, 0.15) is 28.2 Å². The Bertz CT molecular complexity index is 672. The van der Waals surface area contributed by atoms with E-state index in [2.05, 4.69) is 91.5 Å². The van der Waals surface area contributed by atoms with Gasteiger partial charge in [0.15, 0.2) is 0 Å². The van der Waals surface area contributed by atoms with Crippen LogP contribution in [0.4, 0.5) is 0 Å². The highest BCUT2D eigenvalue weighted by atomic mass is 14.2. The van der Waals surface area contributed by atoms with Crippen LogP contribution in [-0.2, 0) is 0 Å². The third kappa shape index (κ3) is 2.95. The van der Waals surface area contributed by atoms with E-state index in [1.165, 1.54) is 16.7 Å². The van der Waals surface area contributed by atoms with Gasteiger partial charge in [-0.3, -0.25) is 0 Å². The molecule has 0 aliphatic carbocycles. The highest BCUT2D eigenvalue weighted by Crippen LogP contribution is 2.32. The van der Waals surface area contributed by atoms with Crippen molar-refractivity contribution in [2.45, 2.75) is 5.92 Å². The van der Waals surface area contributed by atoms with Gasteiger partial charge in [0, 0.05) is 5.92 Å². The van der Waals surface area contributed by atoms with Crippen LogP contribution in [0.15, 0.2) is 91.5 Å². The SMILES string of the molecule is C=Cc1cccc(C(c2ccccc2)c2ccccc2)c1. The minimum atomic E-state index is 0.257. The smallest absolute Gasteiger partial charge is 0.0340 e. The molecular formula is C21H18. The van der Waals surface area contributed by atoms with Gasteiger partial charge < -0.3 is 0 Å². The Morgan fingerprint density at radius 3 is 1.67 bits per heavy atom. The van der Waals surface area contributed by atoms with Gasteiger partial charge in [0.2, 0.25) is 0 Å². The summed E-state index contributed by atoms with van der Waals surface area (Å²) in [7, 11) is 0. The average Bonchev–Trinajstić information content (AvgIpc) is 2.57. The predicted octanol–water partition coefficient (Wildman–Crippen LogP) is 5.51. The summed E-state index contributed by atoms with van der Waals surface area (Å²) < 4.78 is 0. The van der Waals surface area contributed by atoms with Crippen molar-refractivity contribution in [1.29, 1.82) is 0 Å². The van der Waals surface area contributed by atoms with E-state index in [9.17, 15) is 0 Å². The lowest BCUT2D eigenvalue weighted by Gasteiger charge is -2.19. The Kier molecular flexibility index (Phi) is 3.97. The molecule has 0 radical (unpaired) electrons. The van der Waals surface area contributed by atoms with Crippen LogP contribution < -0.4 is 0 Å². The molecule has 3 rings (SSSR count). The van der Waals surface area contributed by atoms with Gasteiger partial charge in [-0.1, -0.05) is 97.6 Å². The van der Waals surface area contributed by atoms with E-state index in [-0.39, 0.29) is 5.92 Å². The summed E-state index contributed by atoms with van der Waals surface area (Å²) in [6.45, 7) is 3.88. The Balaban J connectivity index is 2.14. The largest absolute Gasteiger partial charge is 0.0985 e. The molecule has 0 unspecified atom stereocenters. The van der Waals surface area contributed by atoms with Crippen molar-refractivity contribution < 1.29 is 0 Å². The topological polar surface area (TPSA) is 0 Å². The molecule has 0 saturated carbocycles. The number of rotatable bonds is 4. The zero-order valence-electron chi connectivity index (χ0n) is 11.9. The molecule has 0 bridgehead atoms. The minimum Gasteiger partial charge on any atom is -0.0985 e. The average molecular weight is 270 g/mol. The second-order valence-corrected chi connectivity index (χ2v) is 5.13. The summed E-state index contributed by atoms with van der Waals surface area (Å²) in [5.74, 6) is 0.257. The summed E-state index contributed by atoms with van der Waals surface area (Å²) >= 11 is 0. The highest BCUT2D eigenvalue weighted by Gasteiger charge is 2.16. The van der Waals surface area contributed by atoms with Gasteiger partial charge in [0.05, 0.1) is 0 Å². The summed E-state index contributed by atoms with van der Waals surface area (Å²) in [6, 6.07) is 29.9. The van der Waals surface area contributed by atoms with Crippen molar-refractivity contribution in [3.8, 4) is 0 Å². The summed E-state index contributed by atoms with van der Waals surface area (Å²) in [5.41, 5.74) is 5.07. The van der Waals surface area contributed by atoms with E-state index < -0.39 is 0 Å². The molecule has 0 aliphatic rings. The van der Waals surface area contributed by atoms with Gasteiger partial charge in [-0.05, 0) is 22.3 Å². The molecule has 0 aliphatic heterocycles. The maximum Gasteiger partial charge on any atom is 0.0340 e. The minimum absolute atomic E-state index is 0.257. The van der Waals surface area contributed by atoms with Crippen molar-refractivity contribution in [2.75, 3.05) is 0 Å². The third-order valence-electron chi connectivity index (χ3n) is 3.75. The van der Waals surface area contributed by atoms with Crippen LogP contribution in [0.25, 0.3) is 6.08 Å². The van der Waals surface area contributed by atoms with Crippen molar-refractivity contribution in [3.05, 3.63) is 114 Å². The summed E-state index contributed by atoms with van der Waals surface area (Å²) in [6.07, 6.45) is 1.90. The van der Waals surface area contributed by atoms with Gasteiger partial charge >= 0.3 is 0 Å². The monoisotopic (exact) mass is 270 g/mol. The second-order valence-electron chi connectivity index (χ2n) is 5.13. The fraction of sp³-hybridized carbons (Fsp3) is 0.0476. The first-order valence-electron chi connectivity index (χ1n) is 7.21. The first-order valence-corrected chi connectivity index (χ1v) is 7.21. The Morgan fingerprint density at radius 2 is 1.14 bits per heavy atom. The molecule has 3 aromatic carbocycles. The summed E-state index contributed by atoms with van der Waals surface area (Å²) in [5, 5.41) is 0. The van der Waals surface area contributed by atoms with E-state index in [4.69, 9.17) is 0 Å². The van der Waals surface area contributed by atoms with Crippen molar-refractivity contribution in [3.63, 3.8) is 0 Å². The zero-order chi connectivity index (χ0) is 14.5. The fourth-order valence-corrected chi connectivity index (χ4v) is 2.73. The molecule has 0 nitrogen and oxygen atoms in total. The van der Waals surface area contributed by atoms with E-state index in [0.29, 0.717) is 0 Å². The van der Waals surface area contributed by atoms with Crippen LogP contribution in [-0.4, -0.2) is 0 Å². The van der Waals surface area contributed by atoms with Gasteiger partial charge in [-0.15, -0.1) is 0 Å². The molecule has 0 aromatic heterocycles. The standard InChI is InChI=1S/C21H18/c1-2-17-10-9-15-20(16-17)21(18-11-5-3-6-12-18)19-13-7-4-8-14-19/h2-16,21H,1H2. The van der Waals surface area contributed by atoms with Gasteiger partial charge in [-0.2, -0.15) is 0 Å². The van der Waals surface area contributed by atoms with Crippen molar-refractivity contribution in [1.82, 2.24) is 0 Å². The number of hydrogen-bond donors (Lipinski definition) is 0. The first-order chi connectivity index (χ1) is 10.4. The zero-order valence-corrected chi connectivity index (χ0v) is 11.9. The van der Waals surface area contributed by atoms with Crippen LogP contribution in [0.5, 0.6) is 0 Å². The lowest BCUT2D eigenvalue weighted by atomic mass is 9.84. The van der Waals surface area contributed by atoms with Gasteiger partial charge in [0.25, 0.3) is 0 Å². The Hall–Kier alpha value is -2.60. The van der Waals surface area contributed by atoms with Crippen LogP contribution in [0, 0.1) is 0 Å². The van der Waals surface area contributed by atoms with Gasteiger partial charge in [0.1, 0.15) is 0 Å². The number of benzene rings is 3. The molecule has 0 saturated heterocycles. The van der Waals surface area contributed by atoms with Crippen molar-refractivity contribution in [2.24, 2.45) is 0 Å². The molecule has 3 aromatic rings. The molecule has 0 spiro atoms. The fourth-order valence-electron chi connectivity index (χ4n) is 2.73. The second kappa shape index (κ2) is 6.23. The van der Waals surface area contributed by atoms with E-state index in [1.807, 2.05) is 6.08 Å². The predicted molar refractivity (Wildman–Crippen MR) is 90.4 cm³/mol. The van der Waals surface area contributed by atoms with E-state index in [0.717, 1.165) is 5.56 Å². The van der Waals surface area contributed by atoms with Crippen molar-refractivity contribution >= 4 is 6.08 Å². The molecule has 0 N–H and O–H groups in total. The molecule has 0 heterocycles. The highest BCUT2D eigenvalue weighted by molar-refractivity contribution is 5.51. The molecule has 0 heteroatoms. The molecule has 21 heavy (non-hydrogen) atoms. The number of hydrogen-bond acceptors (Lipinski definition) is 0. The van der Waals surface area contributed by atoms with E-state index >= 15 is 0 Å². The molecule has 0 amide bonds. The molecule has 0 atom stereocenters. The summed E-state index contributed by atoms with van der Waals surface area (Å²) in [4.78, 5) is 0. The van der Waals surface area contributed by atoms with Crippen LogP contribution in [0.2, 0.25) is 0 Å². The van der Waals surface area contributed by atoms with E-state index in [1.54, 1.807) is 0 Å². The Labute approximate surface area is 126 Å². The van der Waals surface area contributed by atoms with Crippen LogP contribution in [0.3, 0.4) is 0 Å². The lowest BCUT2D eigenvalue weighted by Crippen LogP contribution is -2.03. The quantitative estimate of drug-likeness (QED) is 0.548. The van der Waals surface area contributed by atoms with Crippen LogP contribution >= 0.6 is 0 Å².